The van der Waals surface area contributed by atoms with Crippen molar-refractivity contribution < 1.29 is 28.2 Å². The number of methoxy groups -OCH3 is 1. The van der Waals surface area contributed by atoms with Gasteiger partial charge < -0.3 is 14.7 Å². The smallest absolute Gasteiger partial charge is 0.323 e. The number of carboxylic acid groups (broad SMARTS) is 1. The van der Waals surface area contributed by atoms with Crippen LogP contribution in [0, 0.1) is 11.6 Å². The summed E-state index contributed by atoms with van der Waals surface area (Å²) in [7, 11) is 1.44. The van der Waals surface area contributed by atoms with Crippen LogP contribution in [0.25, 0.3) is 0 Å². The van der Waals surface area contributed by atoms with Gasteiger partial charge >= 0.3 is 5.97 Å². The van der Waals surface area contributed by atoms with Crippen LogP contribution in [0.5, 0.6) is 0 Å². The highest BCUT2D eigenvalue weighted by Gasteiger charge is 2.17. The van der Waals surface area contributed by atoms with Crippen molar-refractivity contribution in [2.75, 3.05) is 26.8 Å². The van der Waals surface area contributed by atoms with E-state index in [9.17, 15) is 18.4 Å². The molecular formula is C14H17F2NO4. The molecule has 0 aromatic heterocycles. The van der Waals surface area contributed by atoms with Crippen molar-refractivity contribution in [3.05, 3.63) is 35.4 Å². The van der Waals surface area contributed by atoms with E-state index in [0.29, 0.717) is 0 Å². The van der Waals surface area contributed by atoms with Crippen LogP contribution < -0.4 is 0 Å². The Bertz CT molecular complexity index is 508. The lowest BCUT2D eigenvalue weighted by molar-refractivity contribution is -0.144. The minimum Gasteiger partial charge on any atom is -0.480 e. The van der Waals surface area contributed by atoms with Crippen LogP contribution in [0.2, 0.25) is 0 Å². The molecule has 0 unspecified atom stereocenters. The van der Waals surface area contributed by atoms with Crippen molar-refractivity contribution in [3.63, 3.8) is 0 Å². The Balaban J connectivity index is 2.63. The molecule has 1 rings (SSSR count). The molecule has 0 aliphatic carbocycles. The van der Waals surface area contributed by atoms with Gasteiger partial charge in [-0.1, -0.05) is 0 Å². The maximum Gasteiger partial charge on any atom is 0.323 e. The third-order valence-corrected chi connectivity index (χ3v) is 2.86. The monoisotopic (exact) mass is 301 g/mol. The van der Waals surface area contributed by atoms with Crippen LogP contribution in [0.3, 0.4) is 0 Å². The van der Waals surface area contributed by atoms with Gasteiger partial charge in [-0.3, -0.25) is 9.59 Å². The number of carbonyl (C=O) groups excluding carboxylic acids is 1. The zero-order valence-electron chi connectivity index (χ0n) is 11.6. The molecule has 0 spiro atoms. The van der Waals surface area contributed by atoms with Crippen molar-refractivity contribution >= 4 is 11.9 Å². The highest BCUT2D eigenvalue weighted by Crippen LogP contribution is 2.12. The molecule has 0 bridgehead atoms. The van der Waals surface area contributed by atoms with E-state index in [0.717, 1.165) is 23.1 Å². The third kappa shape index (κ3) is 5.86. The van der Waals surface area contributed by atoms with Gasteiger partial charge in [-0.05, 0) is 30.2 Å². The van der Waals surface area contributed by atoms with Crippen molar-refractivity contribution in [1.29, 1.82) is 0 Å². The molecule has 21 heavy (non-hydrogen) atoms. The third-order valence-electron chi connectivity index (χ3n) is 2.86. The van der Waals surface area contributed by atoms with Gasteiger partial charge in [-0.15, -0.1) is 0 Å². The first-order valence-corrected chi connectivity index (χ1v) is 6.36. The molecule has 116 valence electrons. The molecule has 1 N–H and O–H groups in total. The van der Waals surface area contributed by atoms with Crippen LogP contribution in [0.1, 0.15) is 12.0 Å². The quantitative estimate of drug-likeness (QED) is 0.789. The van der Waals surface area contributed by atoms with Crippen LogP contribution >= 0.6 is 0 Å². The molecule has 0 aliphatic heterocycles. The van der Waals surface area contributed by atoms with Crippen molar-refractivity contribution in [3.8, 4) is 0 Å². The lowest BCUT2D eigenvalue weighted by atomic mass is 10.1. The zero-order valence-corrected chi connectivity index (χ0v) is 11.6. The highest BCUT2D eigenvalue weighted by molar-refractivity contribution is 5.81. The minimum atomic E-state index is -1.14. The Labute approximate surface area is 121 Å². The van der Waals surface area contributed by atoms with E-state index in [1.807, 2.05) is 0 Å². The largest absolute Gasteiger partial charge is 0.480 e. The van der Waals surface area contributed by atoms with Gasteiger partial charge in [0.25, 0.3) is 0 Å². The number of halogens is 2. The summed E-state index contributed by atoms with van der Waals surface area (Å²) in [4.78, 5) is 23.8. The average molecular weight is 301 g/mol. The summed E-state index contributed by atoms with van der Waals surface area (Å²) >= 11 is 0. The summed E-state index contributed by atoms with van der Waals surface area (Å²) in [5, 5.41) is 8.75. The van der Waals surface area contributed by atoms with E-state index in [4.69, 9.17) is 9.84 Å². The van der Waals surface area contributed by atoms with Gasteiger partial charge in [0.2, 0.25) is 5.91 Å². The number of hydrogen-bond donors (Lipinski definition) is 1. The standard InChI is InChI=1S/C14H17F2NO4/c1-21-7-6-17(9-14(19)20)13(18)5-2-10-8-11(15)3-4-12(10)16/h3-4,8H,2,5-7,9H2,1H3,(H,19,20). The maximum absolute atomic E-state index is 13.4. The fourth-order valence-corrected chi connectivity index (χ4v) is 1.79. The number of benzene rings is 1. The summed E-state index contributed by atoms with van der Waals surface area (Å²) in [5.74, 6) is -2.76. The van der Waals surface area contributed by atoms with Crippen LogP contribution in [0.15, 0.2) is 18.2 Å². The first-order chi connectivity index (χ1) is 9.93. The second-order valence-electron chi connectivity index (χ2n) is 4.44. The zero-order chi connectivity index (χ0) is 15.8. The Morgan fingerprint density at radius 3 is 2.67 bits per heavy atom. The molecule has 0 saturated carbocycles. The van der Waals surface area contributed by atoms with Crippen molar-refractivity contribution in [2.24, 2.45) is 0 Å². The highest BCUT2D eigenvalue weighted by atomic mass is 19.1. The second-order valence-corrected chi connectivity index (χ2v) is 4.44. The molecule has 0 aliphatic rings. The molecule has 0 heterocycles. The van der Waals surface area contributed by atoms with Gasteiger partial charge in [-0.2, -0.15) is 0 Å². The number of aliphatic carboxylic acids is 1. The van der Waals surface area contributed by atoms with Gasteiger partial charge in [0.1, 0.15) is 18.2 Å². The van der Waals surface area contributed by atoms with Gasteiger partial charge in [0.05, 0.1) is 6.61 Å². The molecular weight excluding hydrogens is 284 g/mol. The summed E-state index contributed by atoms with van der Waals surface area (Å²) in [6.45, 7) is -0.117. The lowest BCUT2D eigenvalue weighted by Crippen LogP contribution is -2.38. The molecule has 5 nitrogen and oxygen atoms in total. The molecule has 0 fully saturated rings. The maximum atomic E-state index is 13.4. The van der Waals surface area contributed by atoms with Crippen LogP contribution in [-0.2, 0) is 20.7 Å². The molecule has 0 radical (unpaired) electrons. The number of carboxylic acids is 1. The van der Waals surface area contributed by atoms with Gasteiger partial charge in [0, 0.05) is 20.1 Å². The molecule has 0 atom stereocenters. The van der Waals surface area contributed by atoms with Gasteiger partial charge in [0.15, 0.2) is 0 Å². The SMILES string of the molecule is COCCN(CC(=O)O)C(=O)CCc1cc(F)ccc1F. The molecule has 7 heteroatoms. The second kappa shape index (κ2) is 8.31. The predicted molar refractivity (Wildman–Crippen MR) is 70.8 cm³/mol. The van der Waals surface area contributed by atoms with Crippen molar-refractivity contribution in [2.45, 2.75) is 12.8 Å². The fraction of sp³-hybridized carbons (Fsp3) is 0.429. The Hall–Kier alpha value is -2.02. The first kappa shape index (κ1) is 17.0. The van der Waals surface area contributed by atoms with E-state index in [2.05, 4.69) is 0 Å². The summed E-state index contributed by atoms with van der Waals surface area (Å²) in [5.41, 5.74) is 0.0883. The van der Waals surface area contributed by atoms with Crippen LogP contribution in [0.4, 0.5) is 8.78 Å². The lowest BCUT2D eigenvalue weighted by Gasteiger charge is -2.20. The predicted octanol–water partition coefficient (Wildman–Crippen LogP) is 1.46. The van der Waals surface area contributed by atoms with E-state index in [1.165, 1.54) is 7.11 Å². The first-order valence-electron chi connectivity index (χ1n) is 6.36. The number of aryl methyl sites for hydroxylation is 1. The molecule has 0 saturated heterocycles. The summed E-state index contributed by atoms with van der Waals surface area (Å²) < 4.78 is 31.2. The normalized spacial score (nSPS) is 10.4. The average Bonchev–Trinajstić information content (AvgIpc) is 2.43. The van der Waals surface area contributed by atoms with E-state index < -0.39 is 30.1 Å². The minimum absolute atomic E-state index is 0.00548. The molecule has 1 aromatic carbocycles. The van der Waals surface area contributed by atoms with Crippen LogP contribution in [-0.4, -0.2) is 48.7 Å². The van der Waals surface area contributed by atoms with E-state index in [-0.39, 0.29) is 31.6 Å². The Morgan fingerprint density at radius 1 is 1.33 bits per heavy atom. The van der Waals surface area contributed by atoms with Gasteiger partial charge in [-0.25, -0.2) is 8.78 Å². The fourth-order valence-electron chi connectivity index (χ4n) is 1.79. The summed E-state index contributed by atoms with van der Waals surface area (Å²) in [6, 6.07) is 3.02. The number of nitrogens with zero attached hydrogens (tertiary/aromatic N) is 1. The summed E-state index contributed by atoms with van der Waals surface area (Å²) in [6.07, 6.45) is -0.0943. The molecule has 1 aromatic rings. The number of hydrogen-bond acceptors (Lipinski definition) is 3. The number of carbonyl (C=O) groups is 2. The number of rotatable bonds is 8. The van der Waals surface area contributed by atoms with E-state index >= 15 is 0 Å². The topological polar surface area (TPSA) is 66.8 Å². The Morgan fingerprint density at radius 2 is 2.05 bits per heavy atom. The molecule has 1 amide bonds. The van der Waals surface area contributed by atoms with E-state index in [1.54, 1.807) is 0 Å². The number of ether oxygens (including phenoxy) is 1. The Kier molecular flexibility index (Phi) is 6.74. The number of amides is 1. The van der Waals surface area contributed by atoms with Crippen molar-refractivity contribution in [1.82, 2.24) is 4.90 Å².